The number of halogens is 1. The fraction of sp³-hybridized carbons (Fsp3) is 0.200. The average molecular weight is 243 g/mol. The highest BCUT2D eigenvalue weighted by molar-refractivity contribution is 9.10. The van der Waals surface area contributed by atoms with Crippen molar-refractivity contribution in [1.29, 1.82) is 0 Å². The van der Waals surface area contributed by atoms with E-state index in [1.807, 2.05) is 24.3 Å². The molecular weight excluding hydrogens is 232 g/mol. The molecule has 0 fully saturated rings. The zero-order valence-corrected chi connectivity index (χ0v) is 9.17. The van der Waals surface area contributed by atoms with Crippen LogP contribution in [0.15, 0.2) is 28.9 Å². The van der Waals surface area contributed by atoms with Crippen LogP contribution in [0, 0.1) is 0 Å². The standard InChI is InChI=1S/C10H11BrO2/c1-12-6-5-8-3-4-10(13-2)9(11)7-8/h3-7H,1-2H3. The predicted molar refractivity (Wildman–Crippen MR) is 56.7 cm³/mol. The van der Waals surface area contributed by atoms with Crippen LogP contribution in [0.5, 0.6) is 5.75 Å². The summed E-state index contributed by atoms with van der Waals surface area (Å²) in [6.07, 6.45) is 3.51. The monoisotopic (exact) mass is 242 g/mol. The first kappa shape index (κ1) is 10.1. The summed E-state index contributed by atoms with van der Waals surface area (Å²) in [4.78, 5) is 0. The van der Waals surface area contributed by atoms with Crippen LogP contribution in [0.2, 0.25) is 0 Å². The highest BCUT2D eigenvalue weighted by Gasteiger charge is 1.98. The third kappa shape index (κ3) is 2.77. The van der Waals surface area contributed by atoms with Crippen molar-refractivity contribution in [2.45, 2.75) is 0 Å². The van der Waals surface area contributed by atoms with E-state index in [1.54, 1.807) is 20.5 Å². The van der Waals surface area contributed by atoms with Gasteiger partial charge < -0.3 is 9.47 Å². The van der Waals surface area contributed by atoms with Crippen LogP contribution in [0.25, 0.3) is 6.08 Å². The van der Waals surface area contributed by atoms with Crippen LogP contribution in [-0.2, 0) is 4.74 Å². The van der Waals surface area contributed by atoms with Gasteiger partial charge in [0.1, 0.15) is 5.75 Å². The molecule has 1 aromatic rings. The predicted octanol–water partition coefficient (Wildman–Crippen LogP) is 3.07. The largest absolute Gasteiger partial charge is 0.504 e. The van der Waals surface area contributed by atoms with Gasteiger partial charge in [0.25, 0.3) is 0 Å². The van der Waals surface area contributed by atoms with E-state index in [4.69, 9.17) is 9.47 Å². The molecule has 0 saturated heterocycles. The smallest absolute Gasteiger partial charge is 0.133 e. The van der Waals surface area contributed by atoms with E-state index >= 15 is 0 Å². The van der Waals surface area contributed by atoms with Gasteiger partial charge in [-0.1, -0.05) is 6.07 Å². The number of hydrogen-bond acceptors (Lipinski definition) is 2. The lowest BCUT2D eigenvalue weighted by Gasteiger charge is -2.02. The van der Waals surface area contributed by atoms with Crippen molar-refractivity contribution in [2.24, 2.45) is 0 Å². The normalized spacial score (nSPS) is 10.4. The van der Waals surface area contributed by atoms with Gasteiger partial charge in [0, 0.05) is 0 Å². The van der Waals surface area contributed by atoms with Gasteiger partial charge in [-0.25, -0.2) is 0 Å². The molecule has 0 heterocycles. The van der Waals surface area contributed by atoms with Gasteiger partial charge >= 0.3 is 0 Å². The van der Waals surface area contributed by atoms with Crippen LogP contribution in [0.1, 0.15) is 5.56 Å². The molecule has 0 radical (unpaired) electrons. The highest BCUT2D eigenvalue weighted by atomic mass is 79.9. The van der Waals surface area contributed by atoms with Crippen molar-refractivity contribution < 1.29 is 9.47 Å². The Hall–Kier alpha value is -0.960. The topological polar surface area (TPSA) is 18.5 Å². The molecule has 3 heteroatoms. The van der Waals surface area contributed by atoms with Crippen LogP contribution >= 0.6 is 15.9 Å². The van der Waals surface area contributed by atoms with E-state index < -0.39 is 0 Å². The summed E-state index contributed by atoms with van der Waals surface area (Å²) in [5.41, 5.74) is 1.06. The molecule has 13 heavy (non-hydrogen) atoms. The van der Waals surface area contributed by atoms with E-state index in [9.17, 15) is 0 Å². The molecule has 1 aromatic carbocycles. The molecule has 0 bridgehead atoms. The van der Waals surface area contributed by atoms with Gasteiger partial charge in [-0.3, -0.25) is 0 Å². The highest BCUT2D eigenvalue weighted by Crippen LogP contribution is 2.25. The Balaban J connectivity index is 2.89. The summed E-state index contributed by atoms with van der Waals surface area (Å²) in [7, 11) is 3.26. The molecule has 0 aliphatic rings. The summed E-state index contributed by atoms with van der Waals surface area (Å²) in [5.74, 6) is 0.828. The fourth-order valence-electron chi connectivity index (χ4n) is 0.933. The van der Waals surface area contributed by atoms with Crippen LogP contribution < -0.4 is 4.74 Å². The Kier molecular flexibility index (Phi) is 3.83. The van der Waals surface area contributed by atoms with Crippen molar-refractivity contribution in [3.63, 3.8) is 0 Å². The minimum absolute atomic E-state index is 0.828. The Labute approximate surface area is 86.3 Å². The maximum absolute atomic E-state index is 5.10. The number of ether oxygens (including phenoxy) is 2. The summed E-state index contributed by atoms with van der Waals surface area (Å²) >= 11 is 3.40. The Morgan fingerprint density at radius 3 is 2.62 bits per heavy atom. The van der Waals surface area contributed by atoms with Crippen LogP contribution in [-0.4, -0.2) is 14.2 Å². The minimum atomic E-state index is 0.828. The molecule has 0 aromatic heterocycles. The van der Waals surface area contributed by atoms with Gasteiger partial charge in [0.05, 0.1) is 25.0 Å². The summed E-state index contributed by atoms with van der Waals surface area (Å²) in [5, 5.41) is 0. The fourth-order valence-corrected chi connectivity index (χ4v) is 1.49. The van der Waals surface area contributed by atoms with Gasteiger partial charge in [0.15, 0.2) is 0 Å². The molecule has 0 N–H and O–H groups in total. The van der Waals surface area contributed by atoms with E-state index in [1.165, 1.54) is 0 Å². The maximum atomic E-state index is 5.10. The van der Waals surface area contributed by atoms with Gasteiger partial charge in [-0.05, 0) is 39.7 Å². The van der Waals surface area contributed by atoms with E-state index in [2.05, 4.69) is 15.9 Å². The first-order chi connectivity index (χ1) is 6.27. The SMILES string of the molecule is COC=Cc1ccc(OC)c(Br)c1. The van der Waals surface area contributed by atoms with Crippen molar-refractivity contribution in [3.05, 3.63) is 34.5 Å². The van der Waals surface area contributed by atoms with Crippen LogP contribution in [0.4, 0.5) is 0 Å². The Bertz CT molecular complexity index is 308. The minimum Gasteiger partial charge on any atom is -0.504 e. The average Bonchev–Trinajstić information content (AvgIpc) is 2.15. The first-order valence-corrected chi connectivity index (χ1v) is 4.60. The van der Waals surface area contributed by atoms with E-state index in [0.717, 1.165) is 15.8 Å². The molecule has 0 saturated carbocycles. The summed E-state index contributed by atoms with van der Waals surface area (Å²) in [6, 6.07) is 5.83. The summed E-state index contributed by atoms with van der Waals surface area (Å²) < 4.78 is 10.9. The molecule has 2 nitrogen and oxygen atoms in total. The van der Waals surface area contributed by atoms with Gasteiger partial charge in [0.2, 0.25) is 0 Å². The van der Waals surface area contributed by atoms with E-state index in [0.29, 0.717) is 0 Å². The zero-order chi connectivity index (χ0) is 9.68. The van der Waals surface area contributed by atoms with Crippen molar-refractivity contribution in [2.75, 3.05) is 14.2 Å². The zero-order valence-electron chi connectivity index (χ0n) is 7.58. The quantitative estimate of drug-likeness (QED) is 0.759. The Morgan fingerprint density at radius 2 is 2.08 bits per heavy atom. The molecule has 1 rings (SSSR count). The molecule has 0 aliphatic carbocycles. The van der Waals surface area contributed by atoms with Crippen molar-refractivity contribution >= 4 is 22.0 Å². The third-order valence-electron chi connectivity index (χ3n) is 1.57. The summed E-state index contributed by atoms with van der Waals surface area (Å²) in [6.45, 7) is 0. The number of benzene rings is 1. The first-order valence-electron chi connectivity index (χ1n) is 3.81. The molecule has 0 unspecified atom stereocenters. The molecule has 0 amide bonds. The molecule has 0 spiro atoms. The number of methoxy groups -OCH3 is 2. The van der Waals surface area contributed by atoms with Gasteiger partial charge in [-0.2, -0.15) is 0 Å². The number of hydrogen-bond donors (Lipinski definition) is 0. The lowest BCUT2D eigenvalue weighted by atomic mass is 10.2. The molecular formula is C10H11BrO2. The van der Waals surface area contributed by atoms with Crippen molar-refractivity contribution in [1.82, 2.24) is 0 Å². The maximum Gasteiger partial charge on any atom is 0.133 e. The third-order valence-corrected chi connectivity index (χ3v) is 2.19. The second-order valence-corrected chi connectivity index (χ2v) is 3.29. The lowest BCUT2D eigenvalue weighted by Crippen LogP contribution is -1.84. The Morgan fingerprint density at radius 1 is 1.31 bits per heavy atom. The second kappa shape index (κ2) is 4.92. The molecule has 0 atom stereocenters. The van der Waals surface area contributed by atoms with Crippen LogP contribution in [0.3, 0.4) is 0 Å². The molecule has 70 valence electrons. The van der Waals surface area contributed by atoms with Gasteiger partial charge in [-0.15, -0.1) is 0 Å². The van der Waals surface area contributed by atoms with Crippen molar-refractivity contribution in [3.8, 4) is 5.75 Å². The number of rotatable bonds is 3. The lowest BCUT2D eigenvalue weighted by molar-refractivity contribution is 0.341. The second-order valence-electron chi connectivity index (χ2n) is 2.43. The molecule has 0 aliphatic heterocycles. The van der Waals surface area contributed by atoms with E-state index in [-0.39, 0.29) is 0 Å².